The number of unbranched alkanes of at least 4 members (excludes halogenated alkanes) is 3. The minimum Gasteiger partial charge on any atom is -0.431 e. The SMILES string of the molecule is CCCCCCC1=C(C)CC(=O)O1. The first-order valence-electron chi connectivity index (χ1n) is 5.13. The van der Waals surface area contributed by atoms with Gasteiger partial charge in [0.2, 0.25) is 0 Å². The summed E-state index contributed by atoms with van der Waals surface area (Å²) in [7, 11) is 0. The Morgan fingerprint density at radius 2 is 2.08 bits per heavy atom. The van der Waals surface area contributed by atoms with Gasteiger partial charge in [0, 0.05) is 6.42 Å². The summed E-state index contributed by atoms with van der Waals surface area (Å²) >= 11 is 0. The van der Waals surface area contributed by atoms with Crippen LogP contribution < -0.4 is 0 Å². The van der Waals surface area contributed by atoms with Crippen LogP contribution in [-0.4, -0.2) is 5.97 Å². The molecule has 0 saturated carbocycles. The highest BCUT2D eigenvalue weighted by Gasteiger charge is 2.19. The van der Waals surface area contributed by atoms with Crippen LogP contribution in [0.2, 0.25) is 0 Å². The minimum atomic E-state index is -0.0806. The van der Waals surface area contributed by atoms with Crippen LogP contribution in [-0.2, 0) is 9.53 Å². The minimum absolute atomic E-state index is 0.0806. The van der Waals surface area contributed by atoms with Gasteiger partial charge in [0.05, 0.1) is 6.42 Å². The molecule has 1 rings (SSSR count). The van der Waals surface area contributed by atoms with Crippen molar-refractivity contribution in [1.29, 1.82) is 0 Å². The van der Waals surface area contributed by atoms with Gasteiger partial charge in [-0.3, -0.25) is 4.79 Å². The molecule has 0 amide bonds. The van der Waals surface area contributed by atoms with Crippen molar-refractivity contribution in [2.75, 3.05) is 0 Å². The lowest BCUT2D eigenvalue weighted by Gasteiger charge is -2.02. The van der Waals surface area contributed by atoms with E-state index in [-0.39, 0.29) is 5.97 Å². The van der Waals surface area contributed by atoms with E-state index >= 15 is 0 Å². The Balaban J connectivity index is 2.21. The highest BCUT2D eigenvalue weighted by Crippen LogP contribution is 2.24. The van der Waals surface area contributed by atoms with E-state index in [0.717, 1.165) is 24.2 Å². The van der Waals surface area contributed by atoms with Gasteiger partial charge in [-0.25, -0.2) is 0 Å². The molecule has 0 bridgehead atoms. The van der Waals surface area contributed by atoms with E-state index < -0.39 is 0 Å². The molecule has 0 aliphatic carbocycles. The average molecular weight is 182 g/mol. The number of carbonyl (C=O) groups excluding carboxylic acids is 1. The lowest BCUT2D eigenvalue weighted by Crippen LogP contribution is -1.93. The summed E-state index contributed by atoms with van der Waals surface area (Å²) in [4.78, 5) is 10.9. The highest BCUT2D eigenvalue weighted by molar-refractivity contribution is 5.76. The highest BCUT2D eigenvalue weighted by atomic mass is 16.5. The fourth-order valence-electron chi connectivity index (χ4n) is 1.55. The number of cyclic esters (lactones) is 1. The van der Waals surface area contributed by atoms with Gasteiger partial charge in [0.25, 0.3) is 0 Å². The van der Waals surface area contributed by atoms with E-state index in [2.05, 4.69) is 6.92 Å². The first-order valence-corrected chi connectivity index (χ1v) is 5.13. The zero-order valence-electron chi connectivity index (χ0n) is 8.56. The Morgan fingerprint density at radius 1 is 1.31 bits per heavy atom. The van der Waals surface area contributed by atoms with Gasteiger partial charge >= 0.3 is 5.97 Å². The molecular weight excluding hydrogens is 164 g/mol. The Bertz CT molecular complexity index is 216. The van der Waals surface area contributed by atoms with E-state index in [0.29, 0.717) is 6.42 Å². The van der Waals surface area contributed by atoms with Crippen LogP contribution >= 0.6 is 0 Å². The molecule has 1 aliphatic rings. The molecule has 13 heavy (non-hydrogen) atoms. The van der Waals surface area contributed by atoms with Crippen LogP contribution in [0, 0.1) is 0 Å². The first kappa shape index (κ1) is 10.3. The Labute approximate surface area is 80.0 Å². The van der Waals surface area contributed by atoms with E-state index in [1.165, 1.54) is 19.3 Å². The molecule has 0 N–H and O–H groups in total. The molecule has 2 heteroatoms. The Morgan fingerprint density at radius 3 is 2.62 bits per heavy atom. The number of rotatable bonds is 5. The smallest absolute Gasteiger partial charge is 0.315 e. The maximum absolute atomic E-state index is 10.9. The summed E-state index contributed by atoms with van der Waals surface area (Å²) in [5.41, 5.74) is 1.13. The van der Waals surface area contributed by atoms with Crippen molar-refractivity contribution in [3.8, 4) is 0 Å². The van der Waals surface area contributed by atoms with Crippen LogP contribution in [0.15, 0.2) is 11.3 Å². The third-order valence-electron chi connectivity index (χ3n) is 2.38. The zero-order valence-corrected chi connectivity index (χ0v) is 8.56. The second kappa shape index (κ2) is 5.05. The standard InChI is InChI=1S/C11H18O2/c1-3-4-5-6-7-10-9(2)8-11(12)13-10/h3-8H2,1-2H3. The lowest BCUT2D eigenvalue weighted by atomic mass is 10.1. The van der Waals surface area contributed by atoms with E-state index in [1.807, 2.05) is 6.92 Å². The van der Waals surface area contributed by atoms with Crippen molar-refractivity contribution in [3.05, 3.63) is 11.3 Å². The Kier molecular flexibility index (Phi) is 4.00. The number of esters is 1. The van der Waals surface area contributed by atoms with Crippen LogP contribution in [0.5, 0.6) is 0 Å². The maximum Gasteiger partial charge on any atom is 0.315 e. The molecule has 2 nitrogen and oxygen atoms in total. The van der Waals surface area contributed by atoms with Gasteiger partial charge in [-0.2, -0.15) is 0 Å². The third kappa shape index (κ3) is 3.21. The number of ether oxygens (including phenoxy) is 1. The summed E-state index contributed by atoms with van der Waals surface area (Å²) in [6.45, 7) is 4.18. The number of hydrogen-bond acceptors (Lipinski definition) is 2. The Hall–Kier alpha value is -0.790. The van der Waals surface area contributed by atoms with Crippen molar-refractivity contribution in [2.24, 2.45) is 0 Å². The fraction of sp³-hybridized carbons (Fsp3) is 0.727. The van der Waals surface area contributed by atoms with Gasteiger partial charge in [-0.15, -0.1) is 0 Å². The quantitative estimate of drug-likeness (QED) is 0.482. The molecule has 0 fully saturated rings. The largest absolute Gasteiger partial charge is 0.431 e. The lowest BCUT2D eigenvalue weighted by molar-refractivity contribution is -0.136. The van der Waals surface area contributed by atoms with Crippen LogP contribution in [0.1, 0.15) is 52.4 Å². The molecule has 0 spiro atoms. The van der Waals surface area contributed by atoms with Crippen molar-refractivity contribution in [1.82, 2.24) is 0 Å². The molecule has 1 aliphatic heterocycles. The fourth-order valence-corrected chi connectivity index (χ4v) is 1.55. The van der Waals surface area contributed by atoms with Crippen LogP contribution in [0.3, 0.4) is 0 Å². The second-order valence-electron chi connectivity index (χ2n) is 3.67. The van der Waals surface area contributed by atoms with Crippen molar-refractivity contribution < 1.29 is 9.53 Å². The zero-order chi connectivity index (χ0) is 9.68. The van der Waals surface area contributed by atoms with Crippen molar-refractivity contribution >= 4 is 5.97 Å². The maximum atomic E-state index is 10.9. The molecular formula is C11H18O2. The van der Waals surface area contributed by atoms with Gasteiger partial charge < -0.3 is 4.74 Å². The molecule has 0 aromatic heterocycles. The van der Waals surface area contributed by atoms with Gasteiger partial charge in [-0.1, -0.05) is 26.2 Å². The summed E-state index contributed by atoms with van der Waals surface area (Å²) < 4.78 is 5.09. The first-order chi connectivity index (χ1) is 6.24. The van der Waals surface area contributed by atoms with E-state index in [1.54, 1.807) is 0 Å². The van der Waals surface area contributed by atoms with Crippen molar-refractivity contribution in [3.63, 3.8) is 0 Å². The second-order valence-corrected chi connectivity index (χ2v) is 3.67. The summed E-state index contributed by atoms with van der Waals surface area (Å²) in [5.74, 6) is 0.851. The summed E-state index contributed by atoms with van der Waals surface area (Å²) in [6, 6.07) is 0. The topological polar surface area (TPSA) is 26.3 Å². The van der Waals surface area contributed by atoms with Crippen LogP contribution in [0.25, 0.3) is 0 Å². The van der Waals surface area contributed by atoms with E-state index in [4.69, 9.17) is 4.74 Å². The predicted octanol–water partition coefficient (Wildman–Crippen LogP) is 3.18. The molecule has 0 aromatic carbocycles. The molecule has 74 valence electrons. The molecule has 0 atom stereocenters. The molecule has 0 unspecified atom stereocenters. The van der Waals surface area contributed by atoms with Gasteiger partial charge in [0.15, 0.2) is 0 Å². The third-order valence-corrected chi connectivity index (χ3v) is 2.38. The molecule has 0 radical (unpaired) electrons. The normalized spacial score (nSPS) is 16.6. The molecule has 0 aromatic rings. The number of carbonyl (C=O) groups is 1. The monoisotopic (exact) mass is 182 g/mol. The molecule has 0 saturated heterocycles. The van der Waals surface area contributed by atoms with Gasteiger partial charge in [-0.05, 0) is 18.9 Å². The van der Waals surface area contributed by atoms with E-state index in [9.17, 15) is 4.79 Å². The average Bonchev–Trinajstić information content (AvgIpc) is 2.39. The summed E-state index contributed by atoms with van der Waals surface area (Å²) in [5, 5.41) is 0. The number of allylic oxidation sites excluding steroid dienone is 1. The van der Waals surface area contributed by atoms with Gasteiger partial charge in [0.1, 0.15) is 5.76 Å². The summed E-state index contributed by atoms with van der Waals surface area (Å²) in [6.07, 6.45) is 6.36. The van der Waals surface area contributed by atoms with Crippen molar-refractivity contribution in [2.45, 2.75) is 52.4 Å². The molecule has 1 heterocycles. The van der Waals surface area contributed by atoms with Crippen LogP contribution in [0.4, 0.5) is 0 Å². The predicted molar refractivity (Wildman–Crippen MR) is 52.2 cm³/mol. The number of hydrogen-bond donors (Lipinski definition) is 0.